The van der Waals surface area contributed by atoms with Crippen molar-refractivity contribution in [3.63, 3.8) is 0 Å². The molecule has 0 N–H and O–H groups in total. The third-order valence-corrected chi connectivity index (χ3v) is 8.87. The molecule has 0 aliphatic carbocycles. The van der Waals surface area contributed by atoms with Crippen LogP contribution in [0.1, 0.15) is 50.1 Å². The van der Waals surface area contributed by atoms with Crippen molar-refractivity contribution in [2.24, 2.45) is 0 Å². The predicted octanol–water partition coefficient (Wildman–Crippen LogP) is 11.0. The summed E-state index contributed by atoms with van der Waals surface area (Å²) in [6, 6.07) is 66.4. The van der Waals surface area contributed by atoms with Gasteiger partial charge in [-0.1, -0.05) is 18.2 Å². The Hall–Kier alpha value is 1.42. The maximum atomic E-state index is 5.44. The Labute approximate surface area is 487 Å². The van der Waals surface area contributed by atoms with Crippen molar-refractivity contribution in [3.05, 3.63) is 256 Å². The van der Waals surface area contributed by atoms with E-state index in [4.69, 9.17) is 142 Å². The Morgan fingerprint density at radius 1 is 0.243 bits per heavy atom. The molecule has 0 bridgehead atoms. The van der Waals surface area contributed by atoms with Crippen molar-refractivity contribution in [2.75, 3.05) is 14.2 Å². The molecule has 0 atom stereocenters. The fraction of sp³-hybridized carbons (Fsp3) is 0.0426. The molecule has 7 aromatic carbocycles. The summed E-state index contributed by atoms with van der Waals surface area (Å²) in [7, 11) is 79.1. The normalized spacial score (nSPS) is 12.4. The van der Waals surface area contributed by atoms with E-state index >= 15 is 0 Å². The van der Waals surface area contributed by atoms with Gasteiger partial charge < -0.3 is 46.7 Å². The van der Waals surface area contributed by atoms with E-state index in [1.165, 1.54) is 34.4 Å². The van der Waals surface area contributed by atoms with Gasteiger partial charge in [-0.25, -0.2) is 0 Å². The average Bonchev–Trinajstić information content (AvgIpc) is 3.24. The molecule has 0 spiro atoms. The molecule has 0 aliphatic rings. The summed E-state index contributed by atoms with van der Waals surface area (Å²) in [6.07, 6.45) is 0. The SMILES string of the molecule is COc1ccc([C+](c2ccccc2)c2ccc([C+](c3ccccc3)c3ccc([C+](c4ccccc4)c4ccc(OC)cc4)cc3)cc2)cc1.[Cl-].[Cl-].[Cl-].[Cl][Sb]([Cl])([Cl])([Cl])[Cl].[Cl][Sb]([Cl])([Cl])([Cl])[Cl].[Cl][Sb]([Cl])([Cl])([Cl])[Cl]. The molecule has 0 amide bonds. The van der Waals surface area contributed by atoms with Gasteiger partial charge in [-0.15, -0.1) is 0 Å². The summed E-state index contributed by atoms with van der Waals surface area (Å²) in [6.45, 7) is 0. The van der Waals surface area contributed by atoms with Gasteiger partial charge in [-0.05, 0) is 97.1 Å². The maximum absolute atomic E-state index is 5.44. The van der Waals surface area contributed by atoms with E-state index in [1.54, 1.807) is 14.2 Å². The van der Waals surface area contributed by atoms with Crippen LogP contribution in [0.2, 0.25) is 0 Å². The second-order valence-corrected chi connectivity index (χ2v) is 128. The molecule has 7 rings (SSSR count). The van der Waals surface area contributed by atoms with Crippen LogP contribution in [0, 0.1) is 17.8 Å². The molecule has 2 nitrogen and oxygen atoms in total. The molecule has 378 valence electrons. The first-order valence-corrected chi connectivity index (χ1v) is 67.5. The molecule has 0 aliphatic heterocycles. The van der Waals surface area contributed by atoms with Gasteiger partial charge in [0.15, 0.2) is 0 Å². The molecule has 0 saturated heterocycles. The number of benzene rings is 7. The van der Waals surface area contributed by atoms with Gasteiger partial charge in [0.2, 0.25) is 0 Å². The Bertz CT molecular complexity index is 2360. The van der Waals surface area contributed by atoms with Gasteiger partial charge in [0, 0.05) is 72.8 Å². The average molecular weight is 1640 g/mol. The Morgan fingerprint density at radius 2 is 0.371 bits per heavy atom. The molecule has 0 radical (unpaired) electrons. The molecule has 70 heavy (non-hydrogen) atoms. The molecule has 0 fully saturated rings. The van der Waals surface area contributed by atoms with E-state index in [0.29, 0.717) is 0 Å². The van der Waals surface area contributed by atoms with E-state index < -0.39 is 35.1 Å². The van der Waals surface area contributed by atoms with Crippen LogP contribution in [0.25, 0.3) is 0 Å². The van der Waals surface area contributed by atoms with Crippen LogP contribution in [0.15, 0.2) is 188 Å². The first kappa shape index (κ1) is 69.4. The minimum atomic E-state index is -4.33. The predicted molar refractivity (Wildman–Crippen MR) is 305 cm³/mol. The first-order chi connectivity index (χ1) is 30.9. The van der Waals surface area contributed by atoms with Gasteiger partial charge in [-0.3, -0.25) is 0 Å². The zero-order chi connectivity index (χ0) is 49.8. The summed E-state index contributed by atoms with van der Waals surface area (Å²) in [5, 5.41) is 0. The van der Waals surface area contributed by atoms with Crippen molar-refractivity contribution in [2.45, 2.75) is 0 Å². The fourth-order valence-electron chi connectivity index (χ4n) is 6.44. The topological polar surface area (TPSA) is 18.5 Å². The molecule has 0 unspecified atom stereocenters. The van der Waals surface area contributed by atoms with E-state index in [0.717, 1.165) is 44.9 Å². The molecule has 0 saturated carbocycles. The second-order valence-electron chi connectivity index (χ2n) is 13.8. The summed E-state index contributed by atoms with van der Waals surface area (Å²) >= 11 is -13.0. The zero-order valence-electron chi connectivity index (χ0n) is 35.9. The minimum absolute atomic E-state index is 0. The van der Waals surface area contributed by atoms with Crippen molar-refractivity contribution in [1.29, 1.82) is 0 Å². The number of hydrogen-bond donors (Lipinski definition) is 0. The third kappa shape index (κ3) is 29.2. The molecule has 7 aromatic rings. The monoisotopic (exact) mass is 1630 g/mol. The number of hydrogen-bond acceptors (Lipinski definition) is 2. The zero-order valence-corrected chi connectivity index (χ0v) is 57.1. The summed E-state index contributed by atoms with van der Waals surface area (Å²) in [4.78, 5) is 0. The third-order valence-electron chi connectivity index (χ3n) is 8.87. The number of rotatable bonds is 11. The van der Waals surface area contributed by atoms with E-state index in [-0.39, 0.29) is 37.2 Å². The molecular weight excluding hydrogens is 1600 g/mol. The number of ether oxygens (including phenoxy) is 2. The number of halogens is 18. The van der Waals surface area contributed by atoms with Crippen LogP contribution in [0.4, 0.5) is 0 Å². The van der Waals surface area contributed by atoms with Crippen molar-refractivity contribution in [1.82, 2.24) is 0 Å². The van der Waals surface area contributed by atoms with Crippen molar-refractivity contribution in [3.8, 4) is 11.5 Å². The van der Waals surface area contributed by atoms with Crippen molar-refractivity contribution < 1.29 is 46.7 Å². The molecule has 23 heteroatoms. The van der Waals surface area contributed by atoms with Gasteiger partial charge in [0.25, 0.3) is 0 Å². The standard InChI is InChI=1S/C47H37O2.18ClH.3Sb/c1-48-43-30-26-41(27-31-43)46(35-14-8-4-9-15-35)39-22-18-37(19-23-39)45(34-12-6-3-7-13-34)38-20-24-40(25-21-38)47(36-16-10-5-11-17-36)42-28-32-44(49-2)33-29-42;;;;;;;;;;;;;;;;;;;;;/h3-33H,1-2H3;18*1H;;;/q+3;;;;;;;;;;;;;;;;;;;3*+5/p-18. The molecule has 0 heterocycles. The van der Waals surface area contributed by atoms with Crippen molar-refractivity contribution >= 4 is 168 Å². The van der Waals surface area contributed by atoms with Crippen LogP contribution in [0.3, 0.4) is 0 Å². The molecule has 0 aromatic heterocycles. The van der Waals surface area contributed by atoms with Gasteiger partial charge in [0.05, 0.1) is 82.0 Å². The van der Waals surface area contributed by atoms with Gasteiger partial charge in [0.1, 0.15) is 11.5 Å². The van der Waals surface area contributed by atoms with Crippen LogP contribution < -0.4 is 46.7 Å². The van der Waals surface area contributed by atoms with Crippen LogP contribution in [-0.4, -0.2) is 49.3 Å². The fourth-order valence-corrected chi connectivity index (χ4v) is 6.44. The van der Waals surface area contributed by atoms with Crippen LogP contribution in [-0.2, 0) is 0 Å². The quantitative estimate of drug-likeness (QED) is 0.0730. The Morgan fingerprint density at radius 3 is 0.514 bits per heavy atom. The second kappa shape index (κ2) is 30.0. The van der Waals surface area contributed by atoms with Crippen LogP contribution >= 0.6 is 132 Å². The summed E-state index contributed by atoms with van der Waals surface area (Å²) < 4.78 is 10.9. The first-order valence-electron chi connectivity index (χ1n) is 19.0. The Balaban J connectivity index is 0.000000999. The van der Waals surface area contributed by atoms with E-state index in [1.807, 2.05) is 24.3 Å². The summed E-state index contributed by atoms with van der Waals surface area (Å²) in [5.74, 6) is 5.25. The summed E-state index contributed by atoms with van der Waals surface area (Å²) in [5.41, 5.74) is 10.4. The van der Waals surface area contributed by atoms with Gasteiger partial charge >= 0.3 is 168 Å². The van der Waals surface area contributed by atoms with E-state index in [9.17, 15) is 0 Å². The Kier molecular flexibility index (Phi) is 29.7. The van der Waals surface area contributed by atoms with Crippen LogP contribution in [0.5, 0.6) is 11.5 Å². The molecular formula is C47H37Cl18O2Sb3. The van der Waals surface area contributed by atoms with Gasteiger partial charge in [-0.2, -0.15) is 0 Å². The van der Waals surface area contributed by atoms with E-state index in [2.05, 4.69) is 164 Å². The number of methoxy groups -OCH3 is 2.